The summed E-state index contributed by atoms with van der Waals surface area (Å²) in [7, 11) is 1.52. The number of likely N-dealkylation sites (tertiary alicyclic amines) is 1. The average Bonchev–Trinajstić information content (AvgIpc) is 3.71. The van der Waals surface area contributed by atoms with Crippen molar-refractivity contribution in [3.05, 3.63) is 89.0 Å². The Morgan fingerprint density at radius 3 is 2.56 bits per heavy atom. The number of para-hydroxylation sites is 1. The molecule has 0 saturated carbocycles. The summed E-state index contributed by atoms with van der Waals surface area (Å²) in [6.45, 7) is 2.54. The number of tetrazole rings is 1. The lowest BCUT2D eigenvalue weighted by Crippen LogP contribution is -2.35. The normalized spacial score (nSPS) is 13.9. The van der Waals surface area contributed by atoms with Gasteiger partial charge in [-0.15, -0.1) is 5.10 Å². The summed E-state index contributed by atoms with van der Waals surface area (Å²) < 4.78 is 5.50. The fourth-order valence-corrected chi connectivity index (χ4v) is 4.69. The average molecular weight is 579 g/mol. The van der Waals surface area contributed by atoms with Gasteiger partial charge in [-0.3, -0.25) is 14.9 Å². The van der Waals surface area contributed by atoms with E-state index in [0.29, 0.717) is 29.2 Å². The standard InChI is InChI=1S/C31H30N8O4/c1-20-6-3-4-8-25(20)32-31(42)33-26-16-12-22(18-27(26)43-2)19-28(40)39-17-5-7-24(39)15-11-21-9-13-23(14-10-21)29(41)34-30-35-37-38-36-30/h3-4,6,8-10,12-14,16,18,24H,5,7,17,19H2,1-2H3,(H2,32,33,42)(H2,34,35,36,37,38,41). The summed E-state index contributed by atoms with van der Waals surface area (Å²) in [5, 5.41) is 21.3. The van der Waals surface area contributed by atoms with Crippen molar-refractivity contribution in [2.45, 2.75) is 32.2 Å². The third kappa shape index (κ3) is 7.34. The molecular weight excluding hydrogens is 548 g/mol. The molecule has 12 heteroatoms. The van der Waals surface area contributed by atoms with Gasteiger partial charge >= 0.3 is 6.03 Å². The van der Waals surface area contributed by atoms with Gasteiger partial charge in [0.05, 0.1) is 25.3 Å². The van der Waals surface area contributed by atoms with Crippen LogP contribution in [-0.2, 0) is 11.2 Å². The maximum atomic E-state index is 13.3. The Bertz CT molecular complexity index is 1680. The SMILES string of the molecule is COc1cc(CC(=O)N2CCCC2C#Cc2ccc(C(=O)Nc3nn[nH]n3)cc2)ccc1NC(=O)Nc1ccccc1C. The molecule has 0 bridgehead atoms. The second kappa shape index (κ2) is 13.3. The highest BCUT2D eigenvalue weighted by molar-refractivity contribution is 6.03. The lowest BCUT2D eigenvalue weighted by molar-refractivity contribution is -0.130. The van der Waals surface area contributed by atoms with E-state index in [9.17, 15) is 14.4 Å². The van der Waals surface area contributed by atoms with Crippen molar-refractivity contribution in [2.24, 2.45) is 0 Å². The molecule has 1 unspecified atom stereocenters. The number of hydrogen-bond donors (Lipinski definition) is 4. The molecule has 4 amide bonds. The number of aromatic nitrogens is 4. The highest BCUT2D eigenvalue weighted by Crippen LogP contribution is 2.27. The number of H-pyrrole nitrogens is 1. The molecule has 0 radical (unpaired) electrons. The Balaban J connectivity index is 1.18. The summed E-state index contributed by atoms with van der Waals surface area (Å²) in [5.41, 5.74) is 4.08. The number of methoxy groups -OCH3 is 1. The van der Waals surface area contributed by atoms with Gasteiger partial charge in [-0.05, 0) is 78.6 Å². The van der Waals surface area contributed by atoms with Crippen LogP contribution in [0.25, 0.3) is 0 Å². The van der Waals surface area contributed by atoms with Crippen LogP contribution < -0.4 is 20.7 Å². The first kappa shape index (κ1) is 28.8. The smallest absolute Gasteiger partial charge is 0.323 e. The Labute approximate surface area is 248 Å². The number of carbonyl (C=O) groups excluding carboxylic acids is 3. The third-order valence-electron chi connectivity index (χ3n) is 6.94. The molecule has 43 heavy (non-hydrogen) atoms. The van der Waals surface area contributed by atoms with Gasteiger partial charge in [-0.1, -0.05) is 41.2 Å². The minimum atomic E-state index is -0.392. The van der Waals surface area contributed by atoms with E-state index in [1.807, 2.05) is 31.2 Å². The number of hydrogen-bond acceptors (Lipinski definition) is 7. The van der Waals surface area contributed by atoms with Gasteiger partial charge in [0.25, 0.3) is 11.9 Å². The minimum absolute atomic E-state index is 0.0367. The summed E-state index contributed by atoms with van der Waals surface area (Å²) in [6.07, 6.45) is 1.82. The molecule has 218 valence electrons. The number of ether oxygens (including phenoxy) is 1. The molecule has 1 aliphatic heterocycles. The van der Waals surface area contributed by atoms with E-state index in [1.54, 1.807) is 47.4 Å². The molecule has 2 heterocycles. The monoisotopic (exact) mass is 578 g/mol. The first-order valence-corrected chi connectivity index (χ1v) is 13.7. The fourth-order valence-electron chi connectivity index (χ4n) is 4.69. The Hall–Kier alpha value is -5.70. The predicted octanol–water partition coefficient (Wildman–Crippen LogP) is 4.00. The van der Waals surface area contributed by atoms with Crippen LogP contribution >= 0.6 is 0 Å². The first-order valence-electron chi connectivity index (χ1n) is 13.7. The molecule has 12 nitrogen and oxygen atoms in total. The van der Waals surface area contributed by atoms with Crippen molar-refractivity contribution < 1.29 is 19.1 Å². The Morgan fingerprint density at radius 1 is 1.02 bits per heavy atom. The van der Waals surface area contributed by atoms with Crippen molar-refractivity contribution in [3.63, 3.8) is 0 Å². The van der Waals surface area contributed by atoms with Crippen molar-refractivity contribution in [3.8, 4) is 17.6 Å². The van der Waals surface area contributed by atoms with E-state index in [1.165, 1.54) is 7.11 Å². The van der Waals surface area contributed by atoms with E-state index >= 15 is 0 Å². The van der Waals surface area contributed by atoms with E-state index in [2.05, 4.69) is 48.4 Å². The van der Waals surface area contributed by atoms with Gasteiger partial charge in [0.2, 0.25) is 5.91 Å². The number of carbonyl (C=O) groups is 3. The third-order valence-corrected chi connectivity index (χ3v) is 6.94. The predicted molar refractivity (Wildman–Crippen MR) is 161 cm³/mol. The quantitative estimate of drug-likeness (QED) is 0.242. The molecule has 4 aromatic rings. The largest absolute Gasteiger partial charge is 0.495 e. The number of nitrogens with zero attached hydrogens (tertiary/aromatic N) is 4. The zero-order valence-electron chi connectivity index (χ0n) is 23.7. The van der Waals surface area contributed by atoms with Crippen LogP contribution in [0.2, 0.25) is 0 Å². The topological polar surface area (TPSA) is 154 Å². The van der Waals surface area contributed by atoms with Crippen LogP contribution in [-0.4, -0.2) is 63.1 Å². The van der Waals surface area contributed by atoms with E-state index in [-0.39, 0.29) is 30.2 Å². The number of anilines is 3. The molecule has 5 rings (SSSR count). The molecule has 3 aromatic carbocycles. The minimum Gasteiger partial charge on any atom is -0.495 e. The number of urea groups is 1. The number of amides is 4. The molecule has 1 atom stereocenters. The van der Waals surface area contributed by atoms with E-state index in [4.69, 9.17) is 4.74 Å². The second-order valence-electron chi connectivity index (χ2n) is 9.89. The zero-order chi connectivity index (χ0) is 30.2. The molecule has 1 aromatic heterocycles. The van der Waals surface area contributed by atoms with Gasteiger partial charge in [0.15, 0.2) is 0 Å². The van der Waals surface area contributed by atoms with Gasteiger partial charge in [-0.25, -0.2) is 4.79 Å². The summed E-state index contributed by atoms with van der Waals surface area (Å²) >= 11 is 0. The summed E-state index contributed by atoms with van der Waals surface area (Å²) in [5.74, 6) is 6.50. The number of rotatable bonds is 7. The highest BCUT2D eigenvalue weighted by atomic mass is 16.5. The molecule has 0 aliphatic carbocycles. The van der Waals surface area contributed by atoms with E-state index < -0.39 is 6.03 Å². The summed E-state index contributed by atoms with van der Waals surface area (Å²) in [6, 6.07) is 19.0. The molecule has 0 spiro atoms. The maximum absolute atomic E-state index is 13.3. The Morgan fingerprint density at radius 2 is 1.81 bits per heavy atom. The van der Waals surface area contributed by atoms with Gasteiger partial charge in [0, 0.05) is 23.4 Å². The molecule has 1 aliphatic rings. The maximum Gasteiger partial charge on any atom is 0.323 e. The van der Waals surface area contributed by atoms with Crippen LogP contribution in [0.5, 0.6) is 5.75 Å². The zero-order valence-corrected chi connectivity index (χ0v) is 23.7. The molecule has 1 fully saturated rings. The summed E-state index contributed by atoms with van der Waals surface area (Å²) in [4.78, 5) is 39.9. The molecule has 1 saturated heterocycles. The van der Waals surface area contributed by atoms with Crippen molar-refractivity contribution in [2.75, 3.05) is 29.6 Å². The van der Waals surface area contributed by atoms with Crippen LogP contribution in [0.3, 0.4) is 0 Å². The van der Waals surface area contributed by atoms with Crippen molar-refractivity contribution in [1.29, 1.82) is 0 Å². The van der Waals surface area contributed by atoms with Crippen molar-refractivity contribution >= 4 is 35.2 Å². The molecular formula is C31H30N8O4. The highest BCUT2D eigenvalue weighted by Gasteiger charge is 2.27. The van der Waals surface area contributed by atoms with Crippen molar-refractivity contribution in [1.82, 2.24) is 25.5 Å². The van der Waals surface area contributed by atoms with Gasteiger partial charge < -0.3 is 20.3 Å². The van der Waals surface area contributed by atoms with E-state index in [0.717, 1.165) is 29.5 Å². The Kier molecular flexibility index (Phi) is 8.92. The number of nitrogens with one attached hydrogen (secondary N) is 4. The second-order valence-corrected chi connectivity index (χ2v) is 9.89. The molecule has 4 N–H and O–H groups in total. The number of aromatic amines is 1. The fraction of sp³-hybridized carbons (Fsp3) is 0.226. The van der Waals surface area contributed by atoms with Crippen LogP contribution in [0, 0.1) is 18.8 Å². The van der Waals surface area contributed by atoms with Gasteiger partial charge in [-0.2, -0.15) is 5.21 Å². The number of benzene rings is 3. The van der Waals surface area contributed by atoms with Crippen LogP contribution in [0.15, 0.2) is 66.7 Å². The lowest BCUT2D eigenvalue weighted by atomic mass is 10.1. The van der Waals surface area contributed by atoms with Crippen LogP contribution in [0.4, 0.5) is 22.1 Å². The van der Waals surface area contributed by atoms with Crippen LogP contribution in [0.1, 0.15) is 39.9 Å². The lowest BCUT2D eigenvalue weighted by Gasteiger charge is -2.21. The first-order chi connectivity index (χ1) is 20.9. The van der Waals surface area contributed by atoms with Gasteiger partial charge in [0.1, 0.15) is 5.75 Å². The number of aryl methyl sites for hydroxylation is 1.